The first-order valence-corrected chi connectivity index (χ1v) is 9.00. The average Bonchev–Trinajstić information content (AvgIpc) is 3.09. The van der Waals surface area contributed by atoms with Gasteiger partial charge >= 0.3 is 25.8 Å². The summed E-state index contributed by atoms with van der Waals surface area (Å²) in [5.41, 5.74) is 4.94. The fourth-order valence-electron chi connectivity index (χ4n) is 1.79. The Labute approximate surface area is 187 Å². The smallest absolute Gasteiger partial charge is 0.668 e. The first-order chi connectivity index (χ1) is 11.8. The van der Waals surface area contributed by atoms with Crippen molar-refractivity contribution < 1.29 is 25.8 Å². The van der Waals surface area contributed by atoms with Crippen molar-refractivity contribution in [1.29, 1.82) is 0 Å². The summed E-state index contributed by atoms with van der Waals surface area (Å²) < 4.78 is 0. The quantitative estimate of drug-likeness (QED) is 0.303. The molecule has 4 nitrogen and oxygen atoms in total. The zero-order valence-electron chi connectivity index (χ0n) is 19.6. The van der Waals surface area contributed by atoms with Crippen molar-refractivity contribution in [2.45, 2.75) is 66.2 Å². The van der Waals surface area contributed by atoms with E-state index >= 15 is 0 Å². The fourth-order valence-corrected chi connectivity index (χ4v) is 1.79. The molecule has 0 aliphatic heterocycles. The number of nitrogens with zero attached hydrogens (tertiary/aromatic N) is 4. The van der Waals surface area contributed by atoms with Gasteiger partial charge in [-0.3, -0.25) is 0 Å². The zero-order chi connectivity index (χ0) is 21.0. The van der Waals surface area contributed by atoms with Gasteiger partial charge in [-0.1, -0.05) is 72.2 Å². The van der Waals surface area contributed by atoms with E-state index in [0.29, 0.717) is 0 Å². The molecule has 0 radical (unpaired) electrons. The molecule has 0 spiro atoms. The van der Waals surface area contributed by atoms with Crippen molar-refractivity contribution in [1.82, 2.24) is 9.97 Å². The summed E-state index contributed by atoms with van der Waals surface area (Å²) in [7, 11) is 7.00. The summed E-state index contributed by atoms with van der Waals surface area (Å²) in [4.78, 5) is 8.76. The molecule has 0 aliphatic carbocycles. The van der Waals surface area contributed by atoms with Gasteiger partial charge in [0.1, 0.15) is 0 Å². The molecule has 2 rings (SSSR count). The topological polar surface area (TPSA) is 54.0 Å². The van der Waals surface area contributed by atoms with E-state index in [4.69, 9.17) is 0 Å². The Bertz CT molecular complexity index is 525. The molecule has 27 heavy (non-hydrogen) atoms. The minimum atomic E-state index is 0. The van der Waals surface area contributed by atoms with Gasteiger partial charge in [0.2, 0.25) is 0 Å². The van der Waals surface area contributed by atoms with Gasteiger partial charge in [0.05, 0.1) is 0 Å². The van der Waals surface area contributed by atoms with Crippen LogP contribution in [0.3, 0.4) is 0 Å². The van der Waals surface area contributed by atoms with Gasteiger partial charge in [0.25, 0.3) is 0 Å². The molecule has 2 aromatic rings. The van der Waals surface area contributed by atoms with Gasteiger partial charge in [-0.15, -0.1) is 11.4 Å². The standard InChI is InChI=1S/C12H20N.C6H8N.2C2H6N.Hf/c1-11(2,3)9-7-8-10(13-9)12(4,5)6;1-5-3-4-6(2)7-5;2*1-3-2;/h7-8H,1-6H3;3-4H,1-2H3;2*1-2H3;/q4*-1;+4. The van der Waals surface area contributed by atoms with Crippen LogP contribution in [0, 0.1) is 13.8 Å². The molecule has 0 fully saturated rings. The van der Waals surface area contributed by atoms with Crippen LogP contribution in [0.4, 0.5) is 0 Å². The first kappa shape index (κ1) is 31.1. The minimum absolute atomic E-state index is 0. The summed E-state index contributed by atoms with van der Waals surface area (Å²) in [6.45, 7) is 17.2. The van der Waals surface area contributed by atoms with Crippen LogP contribution in [0.1, 0.15) is 64.3 Å². The Balaban J connectivity index is -0.000000347. The van der Waals surface area contributed by atoms with Gasteiger partial charge in [0, 0.05) is 0 Å². The van der Waals surface area contributed by atoms with Gasteiger partial charge < -0.3 is 20.6 Å². The molecule has 2 heterocycles. The molecule has 0 bridgehead atoms. The fraction of sp³-hybridized carbons (Fsp3) is 0.636. The maximum Gasteiger partial charge on any atom is 4.00 e. The predicted molar refractivity (Wildman–Crippen MR) is 117 cm³/mol. The monoisotopic (exact) mass is 540 g/mol. The molecule has 0 aromatic carbocycles. The molecule has 152 valence electrons. The number of rotatable bonds is 0. The third-order valence-corrected chi connectivity index (χ3v) is 3.10. The Kier molecular flexibility index (Phi) is 17.6. The van der Waals surface area contributed by atoms with Crippen molar-refractivity contribution in [2.75, 3.05) is 28.2 Å². The summed E-state index contributed by atoms with van der Waals surface area (Å²) in [6, 6.07) is 8.30. The first-order valence-electron chi connectivity index (χ1n) is 9.00. The minimum Gasteiger partial charge on any atom is -0.668 e. The summed E-state index contributed by atoms with van der Waals surface area (Å²) in [5.74, 6) is 0. The molecular weight excluding hydrogens is 499 g/mol. The Morgan fingerprint density at radius 2 is 1.26 bits per heavy atom. The van der Waals surface area contributed by atoms with E-state index in [1.807, 2.05) is 26.0 Å². The zero-order valence-corrected chi connectivity index (χ0v) is 23.2. The Morgan fingerprint density at radius 3 is 1.41 bits per heavy atom. The molecule has 0 amide bonds. The molecule has 0 saturated heterocycles. The van der Waals surface area contributed by atoms with Crippen LogP contribution in [0.5, 0.6) is 0 Å². The van der Waals surface area contributed by atoms with Crippen molar-refractivity contribution in [2.24, 2.45) is 0 Å². The van der Waals surface area contributed by atoms with Crippen LogP contribution in [-0.2, 0) is 36.7 Å². The van der Waals surface area contributed by atoms with Crippen LogP contribution in [0.25, 0.3) is 10.6 Å². The number of aryl methyl sites for hydroxylation is 2. The van der Waals surface area contributed by atoms with Crippen LogP contribution >= 0.6 is 0 Å². The Hall–Kier alpha value is -0.650. The van der Waals surface area contributed by atoms with Crippen LogP contribution in [0.15, 0.2) is 24.3 Å². The molecule has 0 atom stereocenters. The second-order valence-electron chi connectivity index (χ2n) is 8.34. The largest absolute Gasteiger partial charge is 4.00 e. The molecular formula is C22H40HfN4. The maximum atomic E-state index is 4.65. The third-order valence-electron chi connectivity index (χ3n) is 3.10. The van der Waals surface area contributed by atoms with Gasteiger partial charge in [0.15, 0.2) is 0 Å². The van der Waals surface area contributed by atoms with Gasteiger partial charge in [-0.05, 0) is 5.41 Å². The third kappa shape index (κ3) is 16.0. The molecule has 2 aromatic heterocycles. The van der Waals surface area contributed by atoms with E-state index in [-0.39, 0.29) is 36.7 Å². The van der Waals surface area contributed by atoms with E-state index in [1.54, 1.807) is 28.2 Å². The van der Waals surface area contributed by atoms with E-state index in [0.717, 1.165) is 11.4 Å². The second-order valence-corrected chi connectivity index (χ2v) is 8.34. The van der Waals surface area contributed by atoms with E-state index in [9.17, 15) is 0 Å². The van der Waals surface area contributed by atoms with Crippen molar-refractivity contribution in [3.8, 4) is 0 Å². The van der Waals surface area contributed by atoms with Crippen LogP contribution in [0.2, 0.25) is 0 Å². The van der Waals surface area contributed by atoms with Crippen LogP contribution in [-0.4, -0.2) is 38.2 Å². The number of aromatic nitrogens is 2. The second kappa shape index (κ2) is 15.3. The normalized spacial score (nSPS) is 10.2. The van der Waals surface area contributed by atoms with Crippen molar-refractivity contribution in [3.05, 3.63) is 57.7 Å². The van der Waals surface area contributed by atoms with Crippen molar-refractivity contribution in [3.63, 3.8) is 0 Å². The summed E-state index contributed by atoms with van der Waals surface area (Å²) in [5, 5.41) is 7.00. The van der Waals surface area contributed by atoms with E-state index in [1.165, 1.54) is 11.4 Å². The van der Waals surface area contributed by atoms with Gasteiger partial charge in [-0.2, -0.15) is 52.5 Å². The number of hydrogen-bond acceptors (Lipinski definition) is 2. The van der Waals surface area contributed by atoms with E-state index in [2.05, 4.69) is 74.3 Å². The summed E-state index contributed by atoms with van der Waals surface area (Å²) >= 11 is 0. The van der Waals surface area contributed by atoms with Crippen molar-refractivity contribution >= 4 is 0 Å². The molecule has 5 heteroatoms. The van der Waals surface area contributed by atoms with Gasteiger partial charge in [-0.25, -0.2) is 0 Å². The maximum absolute atomic E-state index is 4.65. The number of hydrogen-bond donors (Lipinski definition) is 0. The molecule has 0 aliphatic rings. The predicted octanol–water partition coefficient (Wildman–Crippen LogP) is 6.05. The molecule has 0 unspecified atom stereocenters. The summed E-state index contributed by atoms with van der Waals surface area (Å²) in [6.07, 6.45) is 0. The Morgan fingerprint density at radius 1 is 0.815 bits per heavy atom. The molecule has 0 saturated carbocycles. The molecule has 0 N–H and O–H groups in total. The average molecular weight is 539 g/mol. The van der Waals surface area contributed by atoms with Crippen LogP contribution < -0.4 is 0 Å². The van der Waals surface area contributed by atoms with E-state index < -0.39 is 0 Å². The SMILES string of the molecule is CC(C)(C)c1cc[c-](C(C)(C)C)n1.C[N-]C.C[N-]C.Cc1cc[c-](C)n1.[Hf+4].